The second-order valence-corrected chi connectivity index (χ2v) is 3.48. The Morgan fingerprint density at radius 3 is 3.00 bits per heavy atom. The van der Waals surface area contributed by atoms with E-state index in [0.29, 0.717) is 17.5 Å². The molecule has 1 saturated carbocycles. The summed E-state index contributed by atoms with van der Waals surface area (Å²) in [5.41, 5.74) is 0. The minimum absolute atomic E-state index is 0.0627. The van der Waals surface area contributed by atoms with E-state index in [-0.39, 0.29) is 5.91 Å². The van der Waals surface area contributed by atoms with E-state index in [1.807, 2.05) is 6.07 Å². The maximum absolute atomic E-state index is 10.9. The molecule has 0 radical (unpaired) electrons. The fraction of sp³-hybridized carbons (Fsp3) is 0.714. The van der Waals surface area contributed by atoms with Crippen LogP contribution in [0.3, 0.4) is 0 Å². The van der Waals surface area contributed by atoms with Gasteiger partial charge in [0, 0.05) is 6.04 Å². The van der Waals surface area contributed by atoms with Crippen molar-refractivity contribution in [3.05, 3.63) is 0 Å². The molecule has 3 nitrogen and oxygen atoms in total. The molecule has 0 saturated heterocycles. The van der Waals surface area contributed by atoms with Crippen molar-refractivity contribution in [3.8, 4) is 6.07 Å². The van der Waals surface area contributed by atoms with Gasteiger partial charge in [-0.05, 0) is 12.8 Å². The summed E-state index contributed by atoms with van der Waals surface area (Å²) < 4.78 is 0. The molecule has 0 aromatic carbocycles. The molecule has 0 heterocycles. The third kappa shape index (κ3) is 3.89. The smallest absolute Gasteiger partial charge is 0.230 e. The number of rotatable bonds is 4. The lowest BCUT2D eigenvalue weighted by molar-refractivity contribution is -0.118. The van der Waals surface area contributed by atoms with E-state index < -0.39 is 0 Å². The molecular formula is C7H10N2OS. The van der Waals surface area contributed by atoms with Gasteiger partial charge in [0.05, 0.1) is 17.6 Å². The first-order chi connectivity index (χ1) is 5.33. The highest BCUT2D eigenvalue weighted by Crippen LogP contribution is 2.18. The molecule has 0 unspecified atom stereocenters. The largest absolute Gasteiger partial charge is 0.353 e. The average molecular weight is 170 g/mol. The average Bonchev–Trinajstić information content (AvgIpc) is 2.72. The Morgan fingerprint density at radius 2 is 2.45 bits per heavy atom. The lowest BCUT2D eigenvalue weighted by Gasteiger charge is -1.99. The van der Waals surface area contributed by atoms with Crippen molar-refractivity contribution in [1.82, 2.24) is 5.32 Å². The number of nitriles is 1. The third-order valence-corrected chi connectivity index (χ3v) is 2.14. The first kappa shape index (κ1) is 8.41. The van der Waals surface area contributed by atoms with Gasteiger partial charge in [0.1, 0.15) is 0 Å². The molecule has 0 bridgehead atoms. The number of amides is 1. The topological polar surface area (TPSA) is 52.9 Å². The molecule has 1 aliphatic carbocycles. The first-order valence-corrected chi connectivity index (χ1v) is 4.72. The number of nitrogens with zero attached hydrogens (tertiary/aromatic N) is 1. The van der Waals surface area contributed by atoms with E-state index in [4.69, 9.17) is 5.26 Å². The predicted molar refractivity (Wildman–Crippen MR) is 44.1 cm³/mol. The molecule has 1 amide bonds. The van der Waals surface area contributed by atoms with E-state index in [1.165, 1.54) is 11.8 Å². The molecule has 0 spiro atoms. The van der Waals surface area contributed by atoms with Gasteiger partial charge in [0.2, 0.25) is 5.91 Å². The van der Waals surface area contributed by atoms with Gasteiger partial charge in [-0.3, -0.25) is 4.79 Å². The number of nitrogens with one attached hydrogen (secondary N) is 1. The highest BCUT2D eigenvalue weighted by Gasteiger charge is 2.22. The van der Waals surface area contributed by atoms with Crippen molar-refractivity contribution in [3.63, 3.8) is 0 Å². The summed E-state index contributed by atoms with van der Waals surface area (Å²) >= 11 is 1.36. The van der Waals surface area contributed by atoms with E-state index in [1.54, 1.807) is 0 Å². The third-order valence-electron chi connectivity index (χ3n) is 1.34. The summed E-state index contributed by atoms with van der Waals surface area (Å²) in [5, 5.41) is 11.0. The standard InChI is InChI=1S/C7H10N2OS/c8-3-4-11-5-7(10)9-6-1-2-6/h6H,1-2,4-5H2,(H,9,10). The zero-order valence-corrected chi connectivity index (χ0v) is 6.99. The Hall–Kier alpha value is -0.690. The summed E-state index contributed by atoms with van der Waals surface area (Å²) in [6, 6.07) is 2.41. The van der Waals surface area contributed by atoms with Gasteiger partial charge in [0.15, 0.2) is 0 Å². The van der Waals surface area contributed by atoms with Crippen LogP contribution in [0.1, 0.15) is 12.8 Å². The normalized spacial score (nSPS) is 15.5. The van der Waals surface area contributed by atoms with Crippen molar-refractivity contribution in [2.75, 3.05) is 11.5 Å². The highest BCUT2D eigenvalue weighted by molar-refractivity contribution is 8.00. The molecule has 1 rings (SSSR count). The molecule has 11 heavy (non-hydrogen) atoms. The molecule has 1 N–H and O–H groups in total. The van der Waals surface area contributed by atoms with Crippen LogP contribution in [-0.2, 0) is 4.79 Å². The fourth-order valence-corrected chi connectivity index (χ4v) is 1.15. The molecule has 0 aromatic rings. The minimum Gasteiger partial charge on any atom is -0.353 e. The number of hydrogen-bond acceptors (Lipinski definition) is 3. The van der Waals surface area contributed by atoms with Crippen LogP contribution in [0, 0.1) is 11.3 Å². The monoisotopic (exact) mass is 170 g/mol. The summed E-state index contributed by atoms with van der Waals surface area (Å²) in [6.45, 7) is 0. The van der Waals surface area contributed by atoms with Gasteiger partial charge in [0.25, 0.3) is 0 Å². The summed E-state index contributed by atoms with van der Waals surface area (Å²) in [6.07, 6.45) is 2.24. The fourth-order valence-electron chi connectivity index (χ4n) is 0.686. The van der Waals surface area contributed by atoms with Crippen molar-refractivity contribution >= 4 is 17.7 Å². The van der Waals surface area contributed by atoms with Crippen molar-refractivity contribution < 1.29 is 4.79 Å². The SMILES string of the molecule is N#CCSCC(=O)NC1CC1. The highest BCUT2D eigenvalue weighted by atomic mass is 32.2. The van der Waals surface area contributed by atoms with Gasteiger partial charge in [-0.2, -0.15) is 5.26 Å². The predicted octanol–water partition coefficient (Wildman–Crippen LogP) is 0.522. The summed E-state index contributed by atoms with van der Waals surface area (Å²) in [7, 11) is 0. The zero-order valence-electron chi connectivity index (χ0n) is 6.17. The van der Waals surface area contributed by atoms with E-state index in [9.17, 15) is 4.79 Å². The molecule has 1 fully saturated rings. The van der Waals surface area contributed by atoms with Gasteiger partial charge < -0.3 is 5.32 Å². The van der Waals surface area contributed by atoms with Crippen molar-refractivity contribution in [2.45, 2.75) is 18.9 Å². The van der Waals surface area contributed by atoms with Crippen LogP contribution in [0.2, 0.25) is 0 Å². The second kappa shape index (κ2) is 4.24. The van der Waals surface area contributed by atoms with Crippen LogP contribution >= 0.6 is 11.8 Å². The van der Waals surface area contributed by atoms with Crippen LogP contribution in [0.5, 0.6) is 0 Å². The van der Waals surface area contributed by atoms with Gasteiger partial charge in [-0.15, -0.1) is 11.8 Å². The number of carbonyl (C=O) groups excluding carboxylic acids is 1. The summed E-state index contributed by atoms with van der Waals surface area (Å²) in [4.78, 5) is 10.9. The van der Waals surface area contributed by atoms with E-state index >= 15 is 0 Å². The Balaban J connectivity index is 1.97. The van der Waals surface area contributed by atoms with Crippen LogP contribution in [0.15, 0.2) is 0 Å². The summed E-state index contributed by atoms with van der Waals surface area (Å²) in [5.74, 6) is 0.884. The van der Waals surface area contributed by atoms with E-state index in [0.717, 1.165) is 12.8 Å². The Kier molecular flexibility index (Phi) is 3.24. The van der Waals surface area contributed by atoms with Gasteiger partial charge >= 0.3 is 0 Å². The maximum Gasteiger partial charge on any atom is 0.230 e. The van der Waals surface area contributed by atoms with Gasteiger partial charge in [-0.1, -0.05) is 0 Å². The zero-order chi connectivity index (χ0) is 8.10. The molecule has 0 aliphatic heterocycles. The number of hydrogen-bond donors (Lipinski definition) is 1. The number of thioether (sulfide) groups is 1. The first-order valence-electron chi connectivity index (χ1n) is 3.57. The van der Waals surface area contributed by atoms with Crippen LogP contribution in [-0.4, -0.2) is 23.5 Å². The van der Waals surface area contributed by atoms with Crippen LogP contribution in [0.25, 0.3) is 0 Å². The maximum atomic E-state index is 10.9. The van der Waals surface area contributed by atoms with Crippen LogP contribution in [0.4, 0.5) is 0 Å². The quantitative estimate of drug-likeness (QED) is 0.626. The second-order valence-electron chi connectivity index (χ2n) is 2.49. The van der Waals surface area contributed by atoms with Crippen molar-refractivity contribution in [1.29, 1.82) is 5.26 Å². The van der Waals surface area contributed by atoms with Gasteiger partial charge in [-0.25, -0.2) is 0 Å². The Morgan fingerprint density at radius 1 is 1.73 bits per heavy atom. The molecule has 0 atom stereocenters. The lowest BCUT2D eigenvalue weighted by atomic mass is 10.6. The Labute approximate surface area is 70.2 Å². The lowest BCUT2D eigenvalue weighted by Crippen LogP contribution is -2.27. The molecule has 4 heteroatoms. The molecule has 60 valence electrons. The molecule has 1 aliphatic rings. The van der Waals surface area contributed by atoms with E-state index in [2.05, 4.69) is 5.32 Å². The molecular weight excluding hydrogens is 160 g/mol. The number of carbonyl (C=O) groups is 1. The molecule has 0 aromatic heterocycles. The van der Waals surface area contributed by atoms with Crippen LogP contribution < -0.4 is 5.32 Å². The minimum atomic E-state index is 0.0627. The van der Waals surface area contributed by atoms with Crippen molar-refractivity contribution in [2.24, 2.45) is 0 Å². The Bertz CT molecular complexity index is 183.